The van der Waals surface area contributed by atoms with E-state index in [2.05, 4.69) is 5.32 Å². The van der Waals surface area contributed by atoms with Gasteiger partial charge in [0.05, 0.1) is 27.4 Å². The number of esters is 2. The maximum atomic E-state index is 13.2. The fraction of sp³-hybridized carbons (Fsp3) is 0.529. The highest BCUT2D eigenvalue weighted by atomic mass is 31.2. The predicted molar refractivity (Wildman–Crippen MR) is 97.3 cm³/mol. The van der Waals surface area contributed by atoms with E-state index in [1.165, 1.54) is 7.11 Å². The number of anilines is 1. The maximum Gasteiger partial charge on any atom is 0.347 e. The highest BCUT2D eigenvalue weighted by Gasteiger charge is 2.51. The Morgan fingerprint density at radius 3 is 1.92 bits per heavy atom. The molecule has 8 nitrogen and oxygen atoms in total. The number of hydrogen-bond acceptors (Lipinski definition) is 8. The molecule has 0 bridgehead atoms. The Hall–Kier alpha value is -1.89. The average molecular weight is 387 g/mol. The van der Waals surface area contributed by atoms with E-state index in [4.69, 9.17) is 18.5 Å². The number of methoxy groups -OCH3 is 2. The third-order valence-electron chi connectivity index (χ3n) is 3.55. The van der Waals surface area contributed by atoms with Crippen LogP contribution in [-0.4, -0.2) is 51.1 Å². The molecular weight excluding hydrogens is 361 g/mol. The van der Waals surface area contributed by atoms with Crippen molar-refractivity contribution in [2.24, 2.45) is 0 Å². The van der Waals surface area contributed by atoms with Crippen molar-refractivity contribution < 1.29 is 32.7 Å². The van der Waals surface area contributed by atoms with E-state index in [0.717, 1.165) is 12.7 Å². The molecule has 0 aromatic heterocycles. The zero-order valence-corrected chi connectivity index (χ0v) is 16.6. The lowest BCUT2D eigenvalue weighted by Gasteiger charge is -2.30. The lowest BCUT2D eigenvalue weighted by atomic mass is 10.1. The van der Waals surface area contributed by atoms with Crippen LogP contribution < -0.4 is 5.32 Å². The highest BCUT2D eigenvalue weighted by Crippen LogP contribution is 2.55. The molecule has 0 aliphatic heterocycles. The largest absolute Gasteiger partial charge is 0.468 e. The Morgan fingerprint density at radius 2 is 1.50 bits per heavy atom. The van der Waals surface area contributed by atoms with Gasteiger partial charge in [-0.25, -0.2) is 4.79 Å². The second-order valence-corrected chi connectivity index (χ2v) is 7.51. The standard InChI is InChI=1S/C17H26NO7P/c1-6-24-26(21,25-7-2)15(17(20)23-5)14(16(19)22-4)18-13-10-8-12(3)9-11-13/h8-11,14-15,18H,6-7H2,1-5H3. The monoisotopic (exact) mass is 387 g/mol. The Morgan fingerprint density at radius 1 is 1.00 bits per heavy atom. The molecule has 0 spiro atoms. The van der Waals surface area contributed by atoms with Crippen LogP contribution in [0.1, 0.15) is 19.4 Å². The average Bonchev–Trinajstić information content (AvgIpc) is 2.62. The zero-order chi connectivity index (χ0) is 19.7. The molecule has 0 radical (unpaired) electrons. The van der Waals surface area contributed by atoms with E-state index in [1.54, 1.807) is 26.0 Å². The van der Waals surface area contributed by atoms with Gasteiger partial charge >= 0.3 is 19.5 Å². The van der Waals surface area contributed by atoms with E-state index >= 15 is 0 Å². The smallest absolute Gasteiger partial charge is 0.347 e. The number of carbonyl (C=O) groups excluding carboxylic acids is 2. The second-order valence-electron chi connectivity index (χ2n) is 5.35. The van der Waals surface area contributed by atoms with Gasteiger partial charge in [0.15, 0.2) is 5.66 Å². The molecule has 0 saturated heterocycles. The number of rotatable bonds is 10. The first-order valence-corrected chi connectivity index (χ1v) is 9.81. The Bertz CT molecular complexity index is 637. The molecule has 1 aromatic rings. The van der Waals surface area contributed by atoms with E-state index in [-0.39, 0.29) is 13.2 Å². The van der Waals surface area contributed by atoms with Crippen molar-refractivity contribution in [3.8, 4) is 0 Å². The van der Waals surface area contributed by atoms with Crippen molar-refractivity contribution >= 4 is 25.2 Å². The zero-order valence-electron chi connectivity index (χ0n) is 15.7. The van der Waals surface area contributed by atoms with Crippen molar-refractivity contribution in [3.05, 3.63) is 29.8 Å². The maximum absolute atomic E-state index is 13.2. The summed E-state index contributed by atoms with van der Waals surface area (Å²) in [4.78, 5) is 24.8. The Labute approximate surface area is 153 Å². The topological polar surface area (TPSA) is 100 Å². The first-order valence-electron chi connectivity index (χ1n) is 8.20. The van der Waals surface area contributed by atoms with Crippen LogP contribution in [0.3, 0.4) is 0 Å². The lowest BCUT2D eigenvalue weighted by molar-refractivity contribution is -0.148. The van der Waals surface area contributed by atoms with Crippen LogP contribution in [0.25, 0.3) is 0 Å². The van der Waals surface area contributed by atoms with Crippen LogP contribution in [0.5, 0.6) is 0 Å². The first kappa shape index (κ1) is 22.2. The van der Waals surface area contributed by atoms with Gasteiger partial charge in [-0.3, -0.25) is 9.36 Å². The lowest BCUT2D eigenvalue weighted by Crippen LogP contribution is -2.47. The molecule has 0 saturated carbocycles. The molecule has 26 heavy (non-hydrogen) atoms. The molecule has 146 valence electrons. The van der Waals surface area contributed by atoms with Crippen LogP contribution in [0.2, 0.25) is 0 Å². The van der Waals surface area contributed by atoms with Crippen LogP contribution in [0.15, 0.2) is 24.3 Å². The number of benzene rings is 1. The molecule has 9 heteroatoms. The summed E-state index contributed by atoms with van der Waals surface area (Å²) in [5, 5.41) is 2.89. The number of ether oxygens (including phenoxy) is 2. The van der Waals surface area contributed by atoms with E-state index < -0.39 is 31.2 Å². The summed E-state index contributed by atoms with van der Waals surface area (Å²) in [6.45, 7) is 5.20. The summed E-state index contributed by atoms with van der Waals surface area (Å²) in [5.41, 5.74) is 0.0320. The van der Waals surface area contributed by atoms with Crippen molar-refractivity contribution in [2.75, 3.05) is 32.8 Å². The van der Waals surface area contributed by atoms with Gasteiger partial charge in [-0.15, -0.1) is 0 Å². The molecule has 2 unspecified atom stereocenters. The number of carbonyl (C=O) groups is 2. The number of nitrogens with one attached hydrogen (secondary N) is 1. The van der Waals surface area contributed by atoms with Gasteiger partial charge in [0, 0.05) is 5.69 Å². The Balaban J connectivity index is 3.36. The molecule has 1 aromatic carbocycles. The molecule has 0 amide bonds. The molecule has 1 N–H and O–H groups in total. The third kappa shape index (κ3) is 5.56. The van der Waals surface area contributed by atoms with Crippen LogP contribution in [0.4, 0.5) is 5.69 Å². The van der Waals surface area contributed by atoms with Gasteiger partial charge in [-0.2, -0.15) is 0 Å². The van der Waals surface area contributed by atoms with E-state index in [0.29, 0.717) is 5.69 Å². The van der Waals surface area contributed by atoms with Crippen LogP contribution >= 0.6 is 7.60 Å². The SMILES string of the molecule is CCOP(=O)(OCC)C(C(=O)OC)C(Nc1ccc(C)cc1)C(=O)OC. The second kappa shape index (κ2) is 10.3. The van der Waals surface area contributed by atoms with Crippen LogP contribution in [-0.2, 0) is 32.7 Å². The van der Waals surface area contributed by atoms with Gasteiger partial charge in [-0.1, -0.05) is 17.7 Å². The fourth-order valence-corrected chi connectivity index (χ4v) is 4.39. The summed E-state index contributed by atoms with van der Waals surface area (Å²) in [6.07, 6.45) is 0. The van der Waals surface area contributed by atoms with Gasteiger partial charge in [0.2, 0.25) is 0 Å². The molecule has 0 fully saturated rings. The minimum atomic E-state index is -4.01. The van der Waals surface area contributed by atoms with Gasteiger partial charge in [-0.05, 0) is 32.9 Å². The normalized spacial score (nSPS) is 13.6. The van der Waals surface area contributed by atoms with E-state index in [1.807, 2.05) is 19.1 Å². The fourth-order valence-electron chi connectivity index (χ4n) is 2.35. The Kier molecular flexibility index (Phi) is 8.78. The first-order chi connectivity index (χ1) is 12.3. The minimum absolute atomic E-state index is 0.0309. The van der Waals surface area contributed by atoms with Crippen LogP contribution in [0, 0.1) is 6.92 Å². The number of hydrogen-bond donors (Lipinski definition) is 1. The molecule has 2 atom stereocenters. The highest BCUT2D eigenvalue weighted by molar-refractivity contribution is 7.55. The summed E-state index contributed by atoms with van der Waals surface area (Å²) >= 11 is 0. The molecule has 1 rings (SSSR count). The van der Waals surface area contributed by atoms with Crippen molar-refractivity contribution in [2.45, 2.75) is 32.5 Å². The molecule has 0 heterocycles. The van der Waals surface area contributed by atoms with Crippen molar-refractivity contribution in [3.63, 3.8) is 0 Å². The summed E-state index contributed by atoms with van der Waals surface area (Å²) < 4.78 is 33.3. The minimum Gasteiger partial charge on any atom is -0.468 e. The predicted octanol–water partition coefficient (Wildman–Crippen LogP) is 2.76. The third-order valence-corrected chi connectivity index (χ3v) is 5.97. The van der Waals surface area contributed by atoms with E-state index in [9.17, 15) is 14.2 Å². The summed E-state index contributed by atoms with van der Waals surface area (Å²) in [5.74, 6) is -1.69. The number of aryl methyl sites for hydroxylation is 1. The quantitative estimate of drug-likeness (QED) is 0.483. The molecular formula is C17H26NO7P. The molecule has 0 aliphatic rings. The summed E-state index contributed by atoms with van der Waals surface area (Å²) in [7, 11) is -1.70. The van der Waals surface area contributed by atoms with Crippen molar-refractivity contribution in [1.29, 1.82) is 0 Å². The van der Waals surface area contributed by atoms with Gasteiger partial charge in [0.25, 0.3) is 0 Å². The van der Waals surface area contributed by atoms with Gasteiger partial charge in [0.1, 0.15) is 6.04 Å². The summed E-state index contributed by atoms with van der Waals surface area (Å²) in [6, 6.07) is 5.79. The van der Waals surface area contributed by atoms with Gasteiger partial charge < -0.3 is 23.8 Å². The van der Waals surface area contributed by atoms with Crippen molar-refractivity contribution in [1.82, 2.24) is 0 Å². The molecule has 0 aliphatic carbocycles.